The van der Waals surface area contributed by atoms with Crippen molar-refractivity contribution in [1.29, 1.82) is 0 Å². The van der Waals surface area contributed by atoms with Crippen LogP contribution < -0.4 is 0 Å². The lowest BCUT2D eigenvalue weighted by Gasteiger charge is -2.17. The molecule has 4 heterocycles. The summed E-state index contributed by atoms with van der Waals surface area (Å²) in [5.74, 6) is 1.53. The average Bonchev–Trinajstić information content (AvgIpc) is 3.90. The maximum atomic E-state index is 5.28. The molecule has 0 spiro atoms. The van der Waals surface area contributed by atoms with Crippen molar-refractivity contribution in [3.63, 3.8) is 0 Å². The van der Waals surface area contributed by atoms with E-state index >= 15 is 0 Å². The molecule has 4 aromatic heterocycles. The van der Waals surface area contributed by atoms with Crippen LogP contribution in [-0.2, 0) is 12.8 Å². The zero-order chi connectivity index (χ0) is 37.0. The van der Waals surface area contributed by atoms with Crippen molar-refractivity contribution in [2.24, 2.45) is 11.8 Å². The minimum Gasteiger partial charge on any atom is -0.222 e. The number of thiazole rings is 2. The third kappa shape index (κ3) is 15.4. The number of nitrogens with zero attached hydrogens (tertiary/aromatic N) is 2. The van der Waals surface area contributed by atoms with Gasteiger partial charge in [-0.3, -0.25) is 0 Å². The molecule has 0 N–H and O–H groups in total. The van der Waals surface area contributed by atoms with Crippen LogP contribution in [-0.4, -0.2) is 9.97 Å². The number of thiophene rings is 2. The molecule has 0 aliphatic carbocycles. The zero-order valence-electron chi connectivity index (χ0n) is 33.0. The fraction of sp³-hybridized carbons (Fsp3) is 0.727. The van der Waals surface area contributed by atoms with Crippen LogP contribution in [0.15, 0.2) is 19.7 Å². The van der Waals surface area contributed by atoms with Crippen molar-refractivity contribution >= 4 is 86.9 Å². The first-order valence-electron chi connectivity index (χ1n) is 21.3. The van der Waals surface area contributed by atoms with E-state index in [-0.39, 0.29) is 0 Å². The fourth-order valence-electron chi connectivity index (χ4n) is 7.76. The quantitative estimate of drug-likeness (QED) is 0.0487. The van der Waals surface area contributed by atoms with Gasteiger partial charge in [-0.25, -0.2) is 9.97 Å². The lowest BCUT2D eigenvalue weighted by atomic mass is 9.89. The predicted octanol–water partition coefficient (Wildman–Crippen LogP) is 18.5. The van der Waals surface area contributed by atoms with Crippen molar-refractivity contribution in [3.05, 3.63) is 30.8 Å². The Labute approximate surface area is 351 Å². The summed E-state index contributed by atoms with van der Waals surface area (Å²) in [5, 5.41) is 2.32. The smallest absolute Gasteiger partial charge is 0.155 e. The second-order valence-corrected chi connectivity index (χ2v) is 22.2. The first kappa shape index (κ1) is 44.6. The molecule has 0 aliphatic heterocycles. The van der Waals surface area contributed by atoms with Crippen molar-refractivity contribution < 1.29 is 0 Å². The standard InChI is InChI=1S/C44H68Br2N2S4/c1-5-9-13-17-19-23-27-33(25-21-15-11-7-3)29-35-31-37(45)49-39(35)41-47-43-44(51-41)48-42(52-43)40-36(32-38(46)50-40)30-34(26-22-16-12-8-4)28-24-20-18-14-10-6-2/h31-34H,5-30H2,1-4H3. The molecule has 52 heavy (non-hydrogen) atoms. The number of fused-ring (bicyclic) bond motifs is 1. The Kier molecular flexibility index (Phi) is 22.2. The van der Waals surface area contributed by atoms with Gasteiger partial charge < -0.3 is 0 Å². The van der Waals surface area contributed by atoms with Crippen LogP contribution >= 0.6 is 77.2 Å². The molecule has 0 saturated heterocycles. The van der Waals surface area contributed by atoms with E-state index in [9.17, 15) is 0 Å². The SMILES string of the molecule is CCCCCCCCC(CCCCCC)Cc1cc(Br)sc1-c1nc2sc(-c3sc(Br)cc3CC(CCCCCC)CCCCCCCC)nc2s1. The third-order valence-electron chi connectivity index (χ3n) is 10.8. The van der Waals surface area contributed by atoms with Gasteiger partial charge >= 0.3 is 0 Å². The maximum Gasteiger partial charge on any atom is 0.155 e. The monoisotopic (exact) mass is 910 g/mol. The third-order valence-corrected chi connectivity index (χ3v) is 16.5. The second kappa shape index (κ2) is 25.9. The fourth-order valence-corrected chi connectivity index (χ4v) is 13.4. The summed E-state index contributed by atoms with van der Waals surface area (Å²) in [5.41, 5.74) is 2.98. The van der Waals surface area contributed by atoms with Crippen LogP contribution in [0, 0.1) is 11.8 Å². The molecule has 8 heteroatoms. The van der Waals surface area contributed by atoms with E-state index in [2.05, 4.69) is 71.7 Å². The molecule has 0 aliphatic rings. The molecule has 2 nitrogen and oxygen atoms in total. The van der Waals surface area contributed by atoms with E-state index in [0.717, 1.165) is 31.5 Å². The number of hydrogen-bond acceptors (Lipinski definition) is 6. The molecule has 4 rings (SSSR count). The Morgan fingerprint density at radius 1 is 0.442 bits per heavy atom. The second-order valence-electron chi connectivity index (χ2n) is 15.4. The summed E-state index contributed by atoms with van der Waals surface area (Å²) in [7, 11) is 0. The number of rotatable bonds is 30. The highest BCUT2D eigenvalue weighted by Crippen LogP contribution is 2.45. The molecule has 0 bridgehead atoms. The first-order valence-corrected chi connectivity index (χ1v) is 26.1. The van der Waals surface area contributed by atoms with Gasteiger partial charge in [0.05, 0.1) is 17.3 Å². The molecular formula is C44H68Br2N2S4. The van der Waals surface area contributed by atoms with Gasteiger partial charge in [0, 0.05) is 0 Å². The summed E-state index contributed by atoms with van der Waals surface area (Å²) in [6.45, 7) is 9.27. The number of unbranched alkanes of at least 4 members (excludes halogenated alkanes) is 16. The number of halogens is 2. The summed E-state index contributed by atoms with van der Waals surface area (Å²) in [6.07, 6.45) is 35.2. The van der Waals surface area contributed by atoms with E-state index in [1.807, 2.05) is 22.7 Å². The lowest BCUT2D eigenvalue weighted by Crippen LogP contribution is -2.05. The van der Waals surface area contributed by atoms with Gasteiger partial charge in [0.2, 0.25) is 0 Å². The normalized spacial score (nSPS) is 13.1. The summed E-state index contributed by atoms with van der Waals surface area (Å²) < 4.78 is 2.46. The molecule has 0 fully saturated rings. The van der Waals surface area contributed by atoms with Gasteiger partial charge in [-0.2, -0.15) is 0 Å². The van der Waals surface area contributed by atoms with E-state index in [4.69, 9.17) is 9.97 Å². The van der Waals surface area contributed by atoms with E-state index in [1.54, 1.807) is 22.7 Å². The number of aromatic nitrogens is 2. The van der Waals surface area contributed by atoms with Crippen molar-refractivity contribution in [2.45, 2.75) is 195 Å². The van der Waals surface area contributed by atoms with Crippen LogP contribution in [0.3, 0.4) is 0 Å². The number of hydrogen-bond donors (Lipinski definition) is 0. The van der Waals surface area contributed by atoms with Gasteiger partial charge in [0.25, 0.3) is 0 Å². The zero-order valence-corrected chi connectivity index (χ0v) is 39.4. The molecule has 0 radical (unpaired) electrons. The predicted molar refractivity (Wildman–Crippen MR) is 245 cm³/mol. The summed E-state index contributed by atoms with van der Waals surface area (Å²) in [6, 6.07) is 4.79. The van der Waals surface area contributed by atoms with E-state index in [1.165, 1.54) is 195 Å². The molecule has 0 amide bonds. The van der Waals surface area contributed by atoms with E-state index < -0.39 is 0 Å². The minimum atomic E-state index is 0.765. The van der Waals surface area contributed by atoms with Gasteiger partial charge in [-0.05, 0) is 79.8 Å². The Morgan fingerprint density at radius 2 is 0.750 bits per heavy atom. The van der Waals surface area contributed by atoms with Gasteiger partial charge in [-0.1, -0.05) is 204 Å². The summed E-state index contributed by atoms with van der Waals surface area (Å²) >= 11 is 15.1. The van der Waals surface area contributed by atoms with E-state index in [0.29, 0.717) is 0 Å². The van der Waals surface area contributed by atoms with Crippen LogP contribution in [0.25, 0.3) is 29.4 Å². The highest BCUT2D eigenvalue weighted by molar-refractivity contribution is 9.11. The maximum absolute atomic E-state index is 5.28. The topological polar surface area (TPSA) is 25.8 Å². The average molecular weight is 913 g/mol. The van der Waals surface area contributed by atoms with Crippen molar-refractivity contribution in [2.75, 3.05) is 0 Å². The van der Waals surface area contributed by atoms with Crippen LogP contribution in [0.5, 0.6) is 0 Å². The lowest BCUT2D eigenvalue weighted by molar-refractivity contribution is 0.403. The van der Waals surface area contributed by atoms with Crippen molar-refractivity contribution in [1.82, 2.24) is 9.97 Å². The highest BCUT2D eigenvalue weighted by Gasteiger charge is 2.23. The molecule has 4 aromatic rings. The molecule has 0 aromatic carbocycles. The Morgan fingerprint density at radius 3 is 1.10 bits per heavy atom. The van der Waals surface area contributed by atoms with Gasteiger partial charge in [0.1, 0.15) is 10.0 Å². The molecular weight excluding hydrogens is 845 g/mol. The molecule has 0 saturated carbocycles. The van der Waals surface area contributed by atoms with Gasteiger partial charge in [0.15, 0.2) is 9.66 Å². The highest BCUT2D eigenvalue weighted by atomic mass is 79.9. The first-order chi connectivity index (χ1) is 25.4. The molecule has 2 unspecified atom stereocenters. The Hall–Kier alpha value is -0.120. The minimum absolute atomic E-state index is 0.765. The van der Waals surface area contributed by atoms with Crippen LogP contribution in [0.1, 0.15) is 193 Å². The molecule has 292 valence electrons. The Balaban J connectivity index is 1.46. The Bertz CT molecular complexity index is 1380. The van der Waals surface area contributed by atoms with Gasteiger partial charge in [-0.15, -0.1) is 22.7 Å². The molecule has 2 atom stereocenters. The van der Waals surface area contributed by atoms with Crippen LogP contribution in [0.4, 0.5) is 0 Å². The van der Waals surface area contributed by atoms with Crippen LogP contribution in [0.2, 0.25) is 0 Å². The largest absolute Gasteiger partial charge is 0.222 e. The summed E-state index contributed by atoms with van der Waals surface area (Å²) in [4.78, 5) is 15.5. The van der Waals surface area contributed by atoms with Crippen molar-refractivity contribution in [3.8, 4) is 19.8 Å².